The summed E-state index contributed by atoms with van der Waals surface area (Å²) in [6.07, 6.45) is -4.53. The number of thiazole rings is 1. The van der Waals surface area contributed by atoms with Crippen LogP contribution >= 0.6 is 22.9 Å². The highest BCUT2D eigenvalue weighted by molar-refractivity contribution is 7.14. The maximum absolute atomic E-state index is 12.6. The van der Waals surface area contributed by atoms with E-state index in [-0.39, 0.29) is 16.4 Å². The summed E-state index contributed by atoms with van der Waals surface area (Å²) in [6, 6.07) is 3.97. The van der Waals surface area contributed by atoms with Crippen molar-refractivity contribution >= 4 is 39.2 Å². The third-order valence-corrected chi connectivity index (χ3v) is 3.33. The van der Waals surface area contributed by atoms with Crippen LogP contribution in [0.1, 0.15) is 26.4 Å². The van der Waals surface area contributed by atoms with Crippen molar-refractivity contribution in [2.75, 3.05) is 5.32 Å². The molecule has 1 amide bonds. The van der Waals surface area contributed by atoms with Crippen LogP contribution in [-0.4, -0.2) is 16.1 Å². The zero-order valence-corrected chi connectivity index (χ0v) is 11.6. The molecular weight excluding hydrogens is 329 g/mol. The average molecular weight is 335 g/mol. The highest BCUT2D eigenvalue weighted by atomic mass is 35.5. The molecule has 1 aromatic carbocycles. The summed E-state index contributed by atoms with van der Waals surface area (Å²) < 4.78 is 37.7. The second kappa shape index (κ2) is 5.82. The molecule has 21 heavy (non-hydrogen) atoms. The molecule has 0 spiro atoms. The Morgan fingerprint density at radius 3 is 2.57 bits per heavy atom. The highest BCUT2D eigenvalue weighted by Gasteiger charge is 2.30. The number of benzene rings is 1. The van der Waals surface area contributed by atoms with E-state index in [0.717, 1.165) is 29.5 Å². The van der Waals surface area contributed by atoms with E-state index in [1.165, 1.54) is 11.4 Å². The van der Waals surface area contributed by atoms with E-state index in [0.29, 0.717) is 0 Å². The van der Waals surface area contributed by atoms with Gasteiger partial charge in [-0.1, -0.05) is 6.07 Å². The molecule has 0 unspecified atom stereocenters. The minimum Gasteiger partial charge on any atom is -0.298 e. The molecule has 0 saturated carbocycles. The van der Waals surface area contributed by atoms with Crippen LogP contribution in [0.25, 0.3) is 0 Å². The molecule has 0 fully saturated rings. The molecule has 0 aliphatic heterocycles. The number of hydrogen-bond acceptors (Lipinski definition) is 4. The SMILES string of the molecule is O=C(Nc1nc(C(=O)Cl)cs1)c1cccc(C(F)(F)F)c1. The number of aromatic nitrogens is 1. The van der Waals surface area contributed by atoms with E-state index in [1.807, 2.05) is 0 Å². The molecule has 0 bridgehead atoms. The molecular formula is C12H6ClF3N2O2S. The quantitative estimate of drug-likeness (QED) is 0.869. The maximum Gasteiger partial charge on any atom is 0.416 e. The molecule has 4 nitrogen and oxygen atoms in total. The highest BCUT2D eigenvalue weighted by Crippen LogP contribution is 2.29. The molecule has 1 heterocycles. The Balaban J connectivity index is 2.18. The summed E-state index contributed by atoms with van der Waals surface area (Å²) in [5.41, 5.74) is -1.13. The van der Waals surface area contributed by atoms with Crippen LogP contribution in [0.15, 0.2) is 29.6 Å². The van der Waals surface area contributed by atoms with E-state index in [4.69, 9.17) is 11.6 Å². The van der Waals surface area contributed by atoms with E-state index in [9.17, 15) is 22.8 Å². The third kappa shape index (κ3) is 3.79. The number of carbonyl (C=O) groups excluding carboxylic acids is 2. The van der Waals surface area contributed by atoms with Gasteiger partial charge in [0.05, 0.1) is 5.56 Å². The molecule has 2 rings (SSSR count). The van der Waals surface area contributed by atoms with Gasteiger partial charge in [-0.25, -0.2) is 4.98 Å². The average Bonchev–Trinajstić information content (AvgIpc) is 2.86. The summed E-state index contributed by atoms with van der Waals surface area (Å²) in [5.74, 6) is -0.760. The van der Waals surface area contributed by atoms with Gasteiger partial charge in [0.25, 0.3) is 11.1 Å². The van der Waals surface area contributed by atoms with Crippen molar-refractivity contribution in [3.63, 3.8) is 0 Å². The Morgan fingerprint density at radius 1 is 1.29 bits per heavy atom. The van der Waals surface area contributed by atoms with Crippen LogP contribution in [0.4, 0.5) is 18.3 Å². The minimum atomic E-state index is -4.53. The number of carbonyl (C=O) groups is 2. The Morgan fingerprint density at radius 2 is 2.00 bits per heavy atom. The largest absolute Gasteiger partial charge is 0.416 e. The smallest absolute Gasteiger partial charge is 0.298 e. The first-order valence-electron chi connectivity index (χ1n) is 5.41. The molecule has 0 aliphatic rings. The molecule has 0 atom stereocenters. The molecule has 0 radical (unpaired) electrons. The van der Waals surface area contributed by atoms with E-state index in [1.54, 1.807) is 0 Å². The first kappa shape index (κ1) is 15.5. The third-order valence-electron chi connectivity index (χ3n) is 2.38. The van der Waals surface area contributed by atoms with E-state index in [2.05, 4.69) is 10.3 Å². The van der Waals surface area contributed by atoms with Gasteiger partial charge < -0.3 is 0 Å². The van der Waals surface area contributed by atoms with Gasteiger partial charge in [-0.05, 0) is 29.8 Å². The molecule has 1 N–H and O–H groups in total. The van der Waals surface area contributed by atoms with Gasteiger partial charge in [-0.3, -0.25) is 14.9 Å². The lowest BCUT2D eigenvalue weighted by Crippen LogP contribution is -2.14. The molecule has 110 valence electrons. The predicted octanol–water partition coefficient (Wildman–Crippen LogP) is 3.79. The number of anilines is 1. The van der Waals surface area contributed by atoms with Crippen molar-refractivity contribution < 1.29 is 22.8 Å². The second-order valence-corrected chi connectivity index (χ2v) is 5.05. The monoisotopic (exact) mass is 334 g/mol. The van der Waals surface area contributed by atoms with Gasteiger partial charge in [0.15, 0.2) is 5.13 Å². The minimum absolute atomic E-state index is 0.0407. The van der Waals surface area contributed by atoms with Crippen molar-refractivity contribution in [3.8, 4) is 0 Å². The molecule has 0 aliphatic carbocycles. The Bertz CT molecular complexity index is 700. The van der Waals surface area contributed by atoms with Crippen molar-refractivity contribution in [1.29, 1.82) is 0 Å². The zero-order chi connectivity index (χ0) is 15.6. The van der Waals surface area contributed by atoms with Crippen molar-refractivity contribution in [2.45, 2.75) is 6.18 Å². The Kier molecular flexibility index (Phi) is 4.29. The normalized spacial score (nSPS) is 11.2. The number of alkyl halides is 3. The lowest BCUT2D eigenvalue weighted by Gasteiger charge is -2.08. The topological polar surface area (TPSA) is 59.1 Å². The van der Waals surface area contributed by atoms with Gasteiger partial charge >= 0.3 is 6.18 Å². The van der Waals surface area contributed by atoms with Crippen LogP contribution in [0, 0.1) is 0 Å². The van der Waals surface area contributed by atoms with Gasteiger partial charge in [0.2, 0.25) is 0 Å². The zero-order valence-electron chi connectivity index (χ0n) is 10.1. The molecule has 9 heteroatoms. The van der Waals surface area contributed by atoms with Gasteiger partial charge in [0.1, 0.15) is 5.69 Å². The first-order valence-corrected chi connectivity index (χ1v) is 6.67. The Labute approximate surface area is 125 Å². The molecule has 2 aromatic rings. The first-order chi connectivity index (χ1) is 9.77. The van der Waals surface area contributed by atoms with Crippen LogP contribution < -0.4 is 5.32 Å². The summed E-state index contributed by atoms with van der Waals surface area (Å²) in [7, 11) is 0. The number of nitrogens with zero attached hydrogens (tertiary/aromatic N) is 1. The van der Waals surface area contributed by atoms with Crippen LogP contribution in [-0.2, 0) is 6.18 Å². The maximum atomic E-state index is 12.6. The number of hydrogen-bond donors (Lipinski definition) is 1. The number of rotatable bonds is 3. The summed E-state index contributed by atoms with van der Waals surface area (Å²) in [4.78, 5) is 26.4. The fraction of sp³-hybridized carbons (Fsp3) is 0.0833. The van der Waals surface area contributed by atoms with Crippen LogP contribution in [0.3, 0.4) is 0 Å². The number of amides is 1. The van der Waals surface area contributed by atoms with E-state index >= 15 is 0 Å². The van der Waals surface area contributed by atoms with Gasteiger partial charge in [0, 0.05) is 10.9 Å². The van der Waals surface area contributed by atoms with Crippen molar-refractivity contribution in [2.24, 2.45) is 0 Å². The van der Waals surface area contributed by atoms with E-state index < -0.39 is 22.9 Å². The van der Waals surface area contributed by atoms with Crippen LogP contribution in [0.5, 0.6) is 0 Å². The number of nitrogens with one attached hydrogen (secondary N) is 1. The van der Waals surface area contributed by atoms with Crippen LogP contribution in [0.2, 0.25) is 0 Å². The number of halogens is 4. The summed E-state index contributed by atoms with van der Waals surface area (Å²) in [6.45, 7) is 0. The van der Waals surface area contributed by atoms with Gasteiger partial charge in [-0.15, -0.1) is 11.3 Å². The summed E-state index contributed by atoms with van der Waals surface area (Å²) in [5, 5.41) is 2.92. The molecule has 0 saturated heterocycles. The van der Waals surface area contributed by atoms with Crippen molar-refractivity contribution in [1.82, 2.24) is 4.98 Å². The lowest BCUT2D eigenvalue weighted by atomic mass is 10.1. The molecule has 1 aromatic heterocycles. The second-order valence-electron chi connectivity index (χ2n) is 3.84. The fourth-order valence-electron chi connectivity index (χ4n) is 1.43. The fourth-order valence-corrected chi connectivity index (χ4v) is 2.27. The standard InChI is InChI=1S/C12H6ClF3N2O2S/c13-9(19)8-5-21-11(17-8)18-10(20)6-2-1-3-7(4-6)12(14,15)16/h1-5H,(H,17,18,20). The Hall–Kier alpha value is -1.93. The van der Waals surface area contributed by atoms with Crippen molar-refractivity contribution in [3.05, 3.63) is 46.5 Å². The predicted molar refractivity (Wildman–Crippen MR) is 71.7 cm³/mol. The lowest BCUT2D eigenvalue weighted by molar-refractivity contribution is -0.137. The van der Waals surface area contributed by atoms with Gasteiger partial charge in [-0.2, -0.15) is 13.2 Å². The summed E-state index contributed by atoms with van der Waals surface area (Å²) >= 11 is 6.15.